The largest absolute Gasteiger partial charge is 0.377 e. The SMILES string of the molecule is Cc1nccn1CC(=O)N1CCOC[C@H]1CCc1cnccn1. The van der Waals surface area contributed by atoms with Crippen LogP contribution in [0.3, 0.4) is 0 Å². The first-order valence-corrected chi connectivity index (χ1v) is 7.84. The molecule has 1 saturated heterocycles. The molecule has 2 aromatic heterocycles. The van der Waals surface area contributed by atoms with Gasteiger partial charge >= 0.3 is 0 Å². The number of imidazole rings is 1. The summed E-state index contributed by atoms with van der Waals surface area (Å²) in [6.07, 6.45) is 10.3. The maximum absolute atomic E-state index is 12.6. The van der Waals surface area contributed by atoms with Crippen LogP contribution in [0.2, 0.25) is 0 Å². The van der Waals surface area contributed by atoms with Crippen LogP contribution in [0.5, 0.6) is 0 Å². The summed E-state index contributed by atoms with van der Waals surface area (Å²) in [6, 6.07) is 0.0853. The second kappa shape index (κ2) is 7.32. The second-order valence-electron chi connectivity index (χ2n) is 5.65. The number of aromatic nitrogens is 4. The summed E-state index contributed by atoms with van der Waals surface area (Å²) < 4.78 is 7.43. The highest BCUT2D eigenvalue weighted by Gasteiger charge is 2.27. The molecule has 1 fully saturated rings. The molecule has 0 spiro atoms. The Bertz CT molecular complexity index is 643. The molecular weight excluding hydrogens is 294 g/mol. The predicted molar refractivity (Wildman–Crippen MR) is 83.6 cm³/mol. The van der Waals surface area contributed by atoms with Gasteiger partial charge in [0.1, 0.15) is 12.4 Å². The van der Waals surface area contributed by atoms with Crippen LogP contribution in [0.15, 0.2) is 31.0 Å². The number of amides is 1. The summed E-state index contributed by atoms with van der Waals surface area (Å²) >= 11 is 0. The number of carbonyl (C=O) groups is 1. The van der Waals surface area contributed by atoms with Crippen LogP contribution in [0, 0.1) is 6.92 Å². The van der Waals surface area contributed by atoms with Gasteiger partial charge in [-0.2, -0.15) is 0 Å². The van der Waals surface area contributed by atoms with E-state index in [9.17, 15) is 4.79 Å². The Hall–Kier alpha value is -2.28. The van der Waals surface area contributed by atoms with Crippen LogP contribution in [-0.2, 0) is 22.5 Å². The van der Waals surface area contributed by atoms with Crippen LogP contribution >= 0.6 is 0 Å². The molecule has 1 atom stereocenters. The van der Waals surface area contributed by atoms with Gasteiger partial charge < -0.3 is 14.2 Å². The van der Waals surface area contributed by atoms with Gasteiger partial charge in [-0.3, -0.25) is 14.8 Å². The first-order valence-electron chi connectivity index (χ1n) is 7.84. The van der Waals surface area contributed by atoms with Crippen molar-refractivity contribution in [1.29, 1.82) is 0 Å². The average molecular weight is 315 g/mol. The fourth-order valence-corrected chi connectivity index (χ4v) is 2.80. The quantitative estimate of drug-likeness (QED) is 0.817. The third kappa shape index (κ3) is 3.92. The summed E-state index contributed by atoms with van der Waals surface area (Å²) in [5.41, 5.74) is 0.941. The topological polar surface area (TPSA) is 73.1 Å². The van der Waals surface area contributed by atoms with E-state index in [2.05, 4.69) is 15.0 Å². The molecule has 23 heavy (non-hydrogen) atoms. The molecule has 0 radical (unpaired) electrons. The van der Waals surface area contributed by atoms with E-state index >= 15 is 0 Å². The smallest absolute Gasteiger partial charge is 0.242 e. The number of aryl methyl sites for hydroxylation is 2. The maximum atomic E-state index is 12.6. The minimum absolute atomic E-state index is 0.0853. The van der Waals surface area contributed by atoms with Gasteiger partial charge in [0.15, 0.2) is 0 Å². The van der Waals surface area contributed by atoms with Gasteiger partial charge in [-0.15, -0.1) is 0 Å². The van der Waals surface area contributed by atoms with Crippen molar-refractivity contribution in [2.75, 3.05) is 19.8 Å². The molecule has 3 heterocycles. The highest BCUT2D eigenvalue weighted by atomic mass is 16.5. The van der Waals surface area contributed by atoms with Crippen LogP contribution in [-0.4, -0.2) is 56.1 Å². The standard InChI is InChI=1S/C16H21N5O2/c1-13-18-6-7-20(13)11-16(22)21-8-9-23-12-15(21)3-2-14-10-17-4-5-19-14/h4-7,10,15H,2-3,8-9,11-12H2,1H3/t15-/m1/s1. The van der Waals surface area contributed by atoms with E-state index in [0.29, 0.717) is 26.3 Å². The van der Waals surface area contributed by atoms with Crippen molar-refractivity contribution in [1.82, 2.24) is 24.4 Å². The highest BCUT2D eigenvalue weighted by Crippen LogP contribution is 2.14. The van der Waals surface area contributed by atoms with Crippen molar-refractivity contribution in [2.24, 2.45) is 0 Å². The van der Waals surface area contributed by atoms with Crippen molar-refractivity contribution in [2.45, 2.75) is 32.4 Å². The van der Waals surface area contributed by atoms with E-state index in [0.717, 1.165) is 24.4 Å². The lowest BCUT2D eigenvalue weighted by Gasteiger charge is -2.36. The zero-order chi connectivity index (χ0) is 16.1. The Morgan fingerprint density at radius 2 is 2.26 bits per heavy atom. The number of hydrogen-bond donors (Lipinski definition) is 0. The van der Waals surface area contributed by atoms with Gasteiger partial charge in [-0.1, -0.05) is 0 Å². The summed E-state index contributed by atoms with van der Waals surface area (Å²) in [7, 11) is 0. The zero-order valence-corrected chi connectivity index (χ0v) is 13.3. The number of nitrogens with zero attached hydrogens (tertiary/aromatic N) is 5. The van der Waals surface area contributed by atoms with E-state index in [-0.39, 0.29) is 11.9 Å². The van der Waals surface area contributed by atoms with Crippen molar-refractivity contribution >= 4 is 5.91 Å². The summed E-state index contributed by atoms with van der Waals surface area (Å²) in [5, 5.41) is 0. The molecule has 0 aliphatic carbocycles. The average Bonchev–Trinajstić information content (AvgIpc) is 2.99. The molecule has 1 aliphatic heterocycles. The first kappa shape index (κ1) is 15.6. The molecular formula is C16H21N5O2. The Labute approximate surface area is 135 Å². The minimum Gasteiger partial charge on any atom is -0.377 e. The number of morpholine rings is 1. The molecule has 3 rings (SSSR count). The molecule has 0 N–H and O–H groups in total. The molecule has 1 aliphatic rings. The first-order chi connectivity index (χ1) is 11.2. The van der Waals surface area contributed by atoms with Crippen LogP contribution in [0.25, 0.3) is 0 Å². The van der Waals surface area contributed by atoms with Crippen molar-refractivity contribution in [3.05, 3.63) is 42.5 Å². The van der Waals surface area contributed by atoms with Gasteiger partial charge in [-0.25, -0.2) is 4.98 Å². The zero-order valence-electron chi connectivity index (χ0n) is 13.3. The monoisotopic (exact) mass is 315 g/mol. The predicted octanol–water partition coefficient (Wildman–Crippen LogP) is 0.842. The molecule has 0 aromatic carbocycles. The fraction of sp³-hybridized carbons (Fsp3) is 0.500. The number of rotatable bonds is 5. The Morgan fingerprint density at radius 3 is 3.00 bits per heavy atom. The number of carbonyl (C=O) groups excluding carboxylic acids is 1. The van der Waals surface area contributed by atoms with Gasteiger partial charge in [0, 0.05) is 37.5 Å². The molecule has 122 valence electrons. The molecule has 2 aromatic rings. The third-order valence-corrected chi connectivity index (χ3v) is 4.13. The van der Waals surface area contributed by atoms with Gasteiger partial charge in [-0.05, 0) is 19.8 Å². The fourth-order valence-electron chi connectivity index (χ4n) is 2.80. The van der Waals surface area contributed by atoms with E-state index in [1.165, 1.54) is 0 Å². The van der Waals surface area contributed by atoms with Crippen LogP contribution in [0.4, 0.5) is 0 Å². The Balaban J connectivity index is 1.61. The van der Waals surface area contributed by atoms with E-state index in [1.807, 2.05) is 22.6 Å². The van der Waals surface area contributed by atoms with Crippen LogP contribution < -0.4 is 0 Å². The van der Waals surface area contributed by atoms with Crippen molar-refractivity contribution in [3.8, 4) is 0 Å². The van der Waals surface area contributed by atoms with Crippen LogP contribution in [0.1, 0.15) is 17.9 Å². The lowest BCUT2D eigenvalue weighted by molar-refractivity contribution is -0.140. The Morgan fingerprint density at radius 1 is 1.35 bits per heavy atom. The van der Waals surface area contributed by atoms with Crippen molar-refractivity contribution < 1.29 is 9.53 Å². The molecule has 0 saturated carbocycles. The van der Waals surface area contributed by atoms with E-state index in [1.54, 1.807) is 24.8 Å². The third-order valence-electron chi connectivity index (χ3n) is 4.13. The number of ether oxygens (including phenoxy) is 1. The lowest BCUT2D eigenvalue weighted by Crippen LogP contribution is -2.50. The summed E-state index contributed by atoms with van der Waals surface area (Å²) in [5.74, 6) is 0.960. The summed E-state index contributed by atoms with van der Waals surface area (Å²) in [4.78, 5) is 27.1. The van der Waals surface area contributed by atoms with Gasteiger partial charge in [0.25, 0.3) is 0 Å². The minimum atomic E-state index is 0.0853. The molecule has 7 nitrogen and oxygen atoms in total. The molecule has 0 unspecified atom stereocenters. The van der Waals surface area contributed by atoms with Gasteiger partial charge in [0.2, 0.25) is 5.91 Å². The summed E-state index contributed by atoms with van der Waals surface area (Å²) in [6.45, 7) is 4.04. The van der Waals surface area contributed by atoms with Gasteiger partial charge in [0.05, 0.1) is 24.9 Å². The molecule has 7 heteroatoms. The highest BCUT2D eigenvalue weighted by molar-refractivity contribution is 5.76. The Kier molecular flexibility index (Phi) is 4.97. The second-order valence-corrected chi connectivity index (χ2v) is 5.65. The molecule has 0 bridgehead atoms. The normalized spacial score (nSPS) is 18.1. The maximum Gasteiger partial charge on any atom is 0.242 e. The van der Waals surface area contributed by atoms with E-state index < -0.39 is 0 Å². The number of hydrogen-bond acceptors (Lipinski definition) is 5. The van der Waals surface area contributed by atoms with E-state index in [4.69, 9.17) is 4.74 Å². The van der Waals surface area contributed by atoms with Crippen molar-refractivity contribution in [3.63, 3.8) is 0 Å². The molecule has 1 amide bonds. The lowest BCUT2D eigenvalue weighted by atomic mass is 10.1.